The third kappa shape index (κ3) is 3.74. The maximum absolute atomic E-state index is 11.3. The van der Waals surface area contributed by atoms with Gasteiger partial charge in [0.2, 0.25) is 0 Å². The van der Waals surface area contributed by atoms with Crippen molar-refractivity contribution in [1.29, 1.82) is 0 Å². The van der Waals surface area contributed by atoms with Crippen LogP contribution in [0, 0.1) is 5.41 Å². The van der Waals surface area contributed by atoms with Crippen molar-refractivity contribution in [2.75, 3.05) is 5.32 Å². The molecule has 7 nitrogen and oxygen atoms in total. The molecule has 1 heterocycles. The number of amidine groups is 1. The van der Waals surface area contributed by atoms with E-state index >= 15 is 0 Å². The molecule has 0 bridgehead atoms. The van der Waals surface area contributed by atoms with Crippen LogP contribution in [0.2, 0.25) is 5.02 Å². The summed E-state index contributed by atoms with van der Waals surface area (Å²) in [6.45, 7) is 5.37. The Balaban J connectivity index is 3.07. The topological polar surface area (TPSA) is 121 Å². The van der Waals surface area contributed by atoms with Crippen molar-refractivity contribution >= 4 is 29.2 Å². The summed E-state index contributed by atoms with van der Waals surface area (Å²) in [4.78, 5) is 15.3. The van der Waals surface area contributed by atoms with Crippen LogP contribution in [0.5, 0.6) is 0 Å². The number of rotatable bonds is 4. The minimum Gasteiger partial charge on any atom is -0.480 e. The van der Waals surface area contributed by atoms with Crippen LogP contribution in [0.25, 0.3) is 0 Å². The van der Waals surface area contributed by atoms with Crippen LogP contribution in [0.15, 0.2) is 17.4 Å². The number of nitrogens with zero attached hydrogens (tertiary/aromatic N) is 2. The lowest BCUT2D eigenvalue weighted by Crippen LogP contribution is -2.41. The Bertz CT molecular complexity index is 540. The van der Waals surface area contributed by atoms with E-state index < -0.39 is 17.4 Å². The van der Waals surface area contributed by atoms with Crippen LogP contribution in [-0.4, -0.2) is 33.1 Å². The van der Waals surface area contributed by atoms with E-state index in [4.69, 9.17) is 22.5 Å². The van der Waals surface area contributed by atoms with Crippen molar-refractivity contribution in [1.82, 2.24) is 4.98 Å². The molecule has 5 N–H and O–H groups in total. The number of halogens is 1. The number of anilines is 1. The van der Waals surface area contributed by atoms with E-state index in [1.54, 1.807) is 20.8 Å². The van der Waals surface area contributed by atoms with E-state index in [0.29, 0.717) is 5.56 Å². The Labute approximate surface area is 121 Å². The minimum atomic E-state index is -1.00. The van der Waals surface area contributed by atoms with Crippen molar-refractivity contribution in [3.63, 3.8) is 0 Å². The molecule has 0 saturated heterocycles. The summed E-state index contributed by atoms with van der Waals surface area (Å²) in [5.41, 5.74) is 5.23. The zero-order chi connectivity index (χ0) is 15.5. The van der Waals surface area contributed by atoms with Crippen molar-refractivity contribution < 1.29 is 15.1 Å². The molecule has 0 amide bonds. The van der Waals surface area contributed by atoms with Gasteiger partial charge in [0.05, 0.1) is 5.02 Å². The molecule has 1 aromatic rings. The molecule has 0 spiro atoms. The highest BCUT2D eigenvalue weighted by atomic mass is 35.5. The number of hydrogen-bond acceptors (Lipinski definition) is 5. The van der Waals surface area contributed by atoms with Crippen molar-refractivity contribution in [2.45, 2.75) is 26.8 Å². The zero-order valence-electron chi connectivity index (χ0n) is 11.4. The monoisotopic (exact) mass is 300 g/mol. The summed E-state index contributed by atoms with van der Waals surface area (Å²) in [5.74, 6) is -0.907. The number of pyridine rings is 1. The summed E-state index contributed by atoms with van der Waals surface area (Å²) in [7, 11) is 0. The molecule has 0 fully saturated rings. The third-order valence-electron chi connectivity index (χ3n) is 2.64. The number of hydrogen-bond donors (Lipinski definition) is 4. The van der Waals surface area contributed by atoms with E-state index in [2.05, 4.69) is 15.5 Å². The van der Waals surface area contributed by atoms with Crippen molar-refractivity contribution in [3.05, 3.63) is 22.8 Å². The predicted octanol–water partition coefficient (Wildman–Crippen LogP) is 1.74. The number of aromatic nitrogens is 1. The summed E-state index contributed by atoms with van der Waals surface area (Å²) < 4.78 is 0. The molecule has 1 unspecified atom stereocenters. The van der Waals surface area contributed by atoms with Crippen molar-refractivity contribution in [2.24, 2.45) is 16.3 Å². The first kappa shape index (κ1) is 16.0. The number of carboxylic acid groups (broad SMARTS) is 1. The molecule has 1 atom stereocenters. The maximum Gasteiger partial charge on any atom is 0.326 e. The van der Waals surface area contributed by atoms with Gasteiger partial charge in [-0.05, 0) is 11.5 Å². The lowest BCUT2D eigenvalue weighted by Gasteiger charge is -2.28. The number of carboxylic acids is 1. The van der Waals surface area contributed by atoms with Crippen molar-refractivity contribution in [3.8, 4) is 0 Å². The van der Waals surface area contributed by atoms with E-state index in [1.165, 1.54) is 12.3 Å². The van der Waals surface area contributed by atoms with Gasteiger partial charge in [0.25, 0.3) is 0 Å². The van der Waals surface area contributed by atoms with Gasteiger partial charge in [0, 0.05) is 11.8 Å². The molecule has 0 aliphatic heterocycles. The molecule has 110 valence electrons. The zero-order valence-corrected chi connectivity index (χ0v) is 12.1. The predicted molar refractivity (Wildman–Crippen MR) is 76.3 cm³/mol. The Kier molecular flexibility index (Phi) is 4.78. The molecule has 20 heavy (non-hydrogen) atoms. The Hall–Kier alpha value is -2.02. The Morgan fingerprint density at radius 1 is 1.55 bits per heavy atom. The summed E-state index contributed by atoms with van der Waals surface area (Å²) in [6.07, 6.45) is 1.34. The van der Waals surface area contributed by atoms with Gasteiger partial charge in [-0.2, -0.15) is 0 Å². The first-order valence-electron chi connectivity index (χ1n) is 5.79. The van der Waals surface area contributed by atoms with E-state index in [1.807, 2.05) is 0 Å². The van der Waals surface area contributed by atoms with Crippen LogP contribution in [-0.2, 0) is 4.79 Å². The fourth-order valence-electron chi connectivity index (χ4n) is 1.53. The van der Waals surface area contributed by atoms with E-state index in [9.17, 15) is 9.90 Å². The molecular formula is C12H17ClN4O3. The smallest absolute Gasteiger partial charge is 0.326 e. The SMILES string of the molecule is CC(C)(C)C(Nc1ncc(/C(N)=N\O)cc1Cl)C(=O)O. The summed E-state index contributed by atoms with van der Waals surface area (Å²) in [6, 6.07) is 0.579. The second-order valence-corrected chi connectivity index (χ2v) is 5.73. The van der Waals surface area contributed by atoms with Gasteiger partial charge in [-0.25, -0.2) is 9.78 Å². The lowest BCUT2D eigenvalue weighted by molar-refractivity contribution is -0.140. The second kappa shape index (κ2) is 5.96. The van der Waals surface area contributed by atoms with Gasteiger partial charge in [-0.15, -0.1) is 0 Å². The third-order valence-corrected chi connectivity index (χ3v) is 2.93. The molecule has 8 heteroatoms. The maximum atomic E-state index is 11.3. The minimum absolute atomic E-state index is 0.128. The van der Waals surface area contributed by atoms with E-state index in [0.717, 1.165) is 0 Å². The highest BCUT2D eigenvalue weighted by Gasteiger charge is 2.31. The second-order valence-electron chi connectivity index (χ2n) is 5.32. The largest absolute Gasteiger partial charge is 0.480 e. The standard InChI is InChI=1S/C12H17ClN4O3/c1-12(2,3)8(11(18)19)16-10-7(13)4-6(5-15-10)9(14)17-20/h4-5,8,20H,1-3H3,(H2,14,17)(H,15,16)(H,18,19). The van der Waals surface area contributed by atoms with E-state index in [-0.39, 0.29) is 16.7 Å². The molecule has 0 aliphatic rings. The number of oxime groups is 1. The molecule has 0 radical (unpaired) electrons. The number of nitrogens with one attached hydrogen (secondary N) is 1. The molecule has 1 rings (SSSR count). The fraction of sp³-hybridized carbons (Fsp3) is 0.417. The highest BCUT2D eigenvalue weighted by molar-refractivity contribution is 6.33. The summed E-state index contributed by atoms with van der Waals surface area (Å²) in [5, 5.41) is 23.6. The number of carbonyl (C=O) groups is 1. The molecule has 0 saturated carbocycles. The van der Waals surface area contributed by atoms with Gasteiger partial charge in [-0.1, -0.05) is 37.5 Å². The van der Waals surface area contributed by atoms with Crippen LogP contribution in [0.3, 0.4) is 0 Å². The van der Waals surface area contributed by atoms with Gasteiger partial charge < -0.3 is 21.4 Å². The first-order valence-corrected chi connectivity index (χ1v) is 6.17. The molecule has 0 aromatic carbocycles. The average Bonchev–Trinajstić information content (AvgIpc) is 2.34. The number of nitrogens with two attached hydrogens (primary N) is 1. The lowest BCUT2D eigenvalue weighted by atomic mass is 9.87. The van der Waals surface area contributed by atoms with Gasteiger partial charge in [0.15, 0.2) is 5.84 Å². The molecule has 0 aliphatic carbocycles. The normalized spacial score (nSPS) is 13.9. The quantitative estimate of drug-likeness (QED) is 0.291. The summed E-state index contributed by atoms with van der Waals surface area (Å²) >= 11 is 6.02. The van der Waals surface area contributed by atoms with Crippen LogP contribution >= 0.6 is 11.6 Å². The van der Waals surface area contributed by atoms with Gasteiger partial charge >= 0.3 is 5.97 Å². The Morgan fingerprint density at radius 3 is 2.55 bits per heavy atom. The fourth-order valence-corrected chi connectivity index (χ4v) is 1.75. The van der Waals surface area contributed by atoms with Gasteiger partial charge in [0.1, 0.15) is 11.9 Å². The first-order chi connectivity index (χ1) is 9.16. The van der Waals surface area contributed by atoms with Crippen LogP contribution in [0.4, 0.5) is 5.82 Å². The van der Waals surface area contributed by atoms with Gasteiger partial charge in [-0.3, -0.25) is 0 Å². The highest BCUT2D eigenvalue weighted by Crippen LogP contribution is 2.27. The van der Waals surface area contributed by atoms with Crippen LogP contribution in [0.1, 0.15) is 26.3 Å². The Morgan fingerprint density at radius 2 is 2.15 bits per heavy atom. The molecular weight excluding hydrogens is 284 g/mol. The number of aliphatic carboxylic acids is 1. The van der Waals surface area contributed by atoms with Crippen LogP contribution < -0.4 is 11.1 Å². The molecule has 1 aromatic heterocycles. The average molecular weight is 301 g/mol.